The topological polar surface area (TPSA) is 55.4 Å². The molecule has 0 unspecified atom stereocenters. The highest BCUT2D eigenvalue weighted by molar-refractivity contribution is 7.98. The molecule has 1 atom stereocenters. The van der Waals surface area contributed by atoms with E-state index in [-0.39, 0.29) is 17.5 Å². The van der Waals surface area contributed by atoms with Crippen LogP contribution >= 0.6 is 23.4 Å². The van der Waals surface area contributed by atoms with Gasteiger partial charge >= 0.3 is 5.97 Å². The van der Waals surface area contributed by atoms with Crippen LogP contribution in [0.2, 0.25) is 5.02 Å². The molecule has 0 aromatic heterocycles. The van der Waals surface area contributed by atoms with Crippen LogP contribution in [0.3, 0.4) is 0 Å². The Kier molecular flexibility index (Phi) is 5.66. The summed E-state index contributed by atoms with van der Waals surface area (Å²) in [6, 6.07) is 14.3. The van der Waals surface area contributed by atoms with Gasteiger partial charge in [-0.05, 0) is 37.3 Å². The Morgan fingerprint density at radius 3 is 2.56 bits per heavy atom. The van der Waals surface area contributed by atoms with E-state index in [1.54, 1.807) is 24.3 Å². The van der Waals surface area contributed by atoms with Gasteiger partial charge in [0.15, 0.2) is 0 Å². The number of thioether (sulfide) groups is 1. The molecule has 0 aliphatic heterocycles. The third-order valence-corrected chi connectivity index (χ3v) is 4.94. The van der Waals surface area contributed by atoms with Gasteiger partial charge in [-0.3, -0.25) is 4.79 Å². The molecule has 1 amide bonds. The molecular weight excluding hydrogens is 358 g/mol. The van der Waals surface area contributed by atoms with Gasteiger partial charge in [0.25, 0.3) is 5.91 Å². The summed E-state index contributed by atoms with van der Waals surface area (Å²) in [5.74, 6) is -0.917. The van der Waals surface area contributed by atoms with E-state index in [4.69, 9.17) is 16.3 Å². The summed E-state index contributed by atoms with van der Waals surface area (Å²) in [7, 11) is 0. The van der Waals surface area contributed by atoms with E-state index in [9.17, 15) is 9.59 Å². The van der Waals surface area contributed by atoms with Crippen LogP contribution in [0, 0.1) is 0 Å². The molecule has 0 heterocycles. The van der Waals surface area contributed by atoms with Crippen molar-refractivity contribution in [2.24, 2.45) is 0 Å². The molecule has 0 spiro atoms. The number of nitrogens with one attached hydrogen (secondary N) is 1. The summed E-state index contributed by atoms with van der Waals surface area (Å²) < 4.78 is 5.55. The molecule has 1 aliphatic rings. The number of rotatable bonds is 6. The van der Waals surface area contributed by atoms with Crippen LogP contribution < -0.4 is 5.32 Å². The maximum absolute atomic E-state index is 12.6. The second kappa shape index (κ2) is 7.93. The van der Waals surface area contributed by atoms with Crippen molar-refractivity contribution in [1.29, 1.82) is 0 Å². The standard InChI is InChI=1S/C19H18ClNO3S/c1-25-14-9-10-16(20)15(11-14)19(23)24-17(12-5-3-2-4-6-12)18(22)21-13-7-8-13/h2-6,9-11,13,17H,7-8H2,1H3,(H,21,22)/t17-/m0/s1. The minimum atomic E-state index is -0.997. The van der Waals surface area contributed by atoms with Crippen molar-refractivity contribution >= 4 is 35.2 Å². The minimum Gasteiger partial charge on any atom is -0.444 e. The molecule has 6 heteroatoms. The van der Waals surface area contributed by atoms with Crippen LogP contribution in [0.1, 0.15) is 34.9 Å². The number of hydrogen-bond acceptors (Lipinski definition) is 4. The zero-order chi connectivity index (χ0) is 17.8. The van der Waals surface area contributed by atoms with Gasteiger partial charge in [-0.2, -0.15) is 0 Å². The van der Waals surface area contributed by atoms with Gasteiger partial charge in [0.05, 0.1) is 10.6 Å². The van der Waals surface area contributed by atoms with Gasteiger partial charge < -0.3 is 10.1 Å². The zero-order valence-corrected chi connectivity index (χ0v) is 15.3. The van der Waals surface area contributed by atoms with E-state index in [1.807, 2.05) is 30.5 Å². The number of amides is 1. The first-order valence-corrected chi connectivity index (χ1v) is 9.58. The summed E-state index contributed by atoms with van der Waals surface area (Å²) in [6.45, 7) is 0. The molecule has 25 heavy (non-hydrogen) atoms. The first-order chi connectivity index (χ1) is 12.1. The van der Waals surface area contributed by atoms with E-state index in [1.165, 1.54) is 11.8 Å². The van der Waals surface area contributed by atoms with Gasteiger partial charge in [-0.25, -0.2) is 4.79 Å². The molecular formula is C19H18ClNO3S. The average Bonchev–Trinajstić information content (AvgIpc) is 3.44. The predicted octanol–water partition coefficient (Wildman–Crippen LogP) is 4.24. The van der Waals surface area contributed by atoms with E-state index in [0.29, 0.717) is 10.6 Å². The number of benzene rings is 2. The lowest BCUT2D eigenvalue weighted by atomic mass is 10.1. The van der Waals surface area contributed by atoms with E-state index in [2.05, 4.69) is 5.32 Å². The van der Waals surface area contributed by atoms with E-state index >= 15 is 0 Å². The molecule has 0 radical (unpaired) electrons. The van der Waals surface area contributed by atoms with Crippen molar-refractivity contribution in [3.8, 4) is 0 Å². The number of carbonyl (C=O) groups excluding carboxylic acids is 2. The summed E-state index contributed by atoms with van der Waals surface area (Å²) in [5.41, 5.74) is 0.889. The molecule has 2 aromatic rings. The number of carbonyl (C=O) groups is 2. The Bertz CT molecular complexity index is 777. The van der Waals surface area contributed by atoms with Crippen LogP contribution in [0.25, 0.3) is 0 Å². The molecule has 0 saturated heterocycles. The first-order valence-electron chi connectivity index (χ1n) is 7.98. The highest BCUT2D eigenvalue weighted by Crippen LogP contribution is 2.27. The quantitative estimate of drug-likeness (QED) is 0.606. The van der Waals surface area contributed by atoms with Crippen LogP contribution in [0.5, 0.6) is 0 Å². The largest absolute Gasteiger partial charge is 0.444 e. The summed E-state index contributed by atoms with van der Waals surface area (Å²) in [4.78, 5) is 26.1. The molecule has 4 nitrogen and oxygen atoms in total. The second-order valence-corrected chi connectivity index (χ2v) is 7.11. The fourth-order valence-corrected chi connectivity index (χ4v) is 3.00. The lowest BCUT2D eigenvalue weighted by Gasteiger charge is -2.18. The Balaban J connectivity index is 1.84. The Labute approximate surface area is 155 Å². The Morgan fingerprint density at radius 2 is 1.92 bits per heavy atom. The average molecular weight is 376 g/mol. The van der Waals surface area contributed by atoms with Gasteiger partial charge in [0.2, 0.25) is 6.10 Å². The van der Waals surface area contributed by atoms with E-state index < -0.39 is 12.1 Å². The normalized spacial score (nSPS) is 14.6. The molecule has 1 saturated carbocycles. The Hall–Kier alpha value is -1.98. The monoisotopic (exact) mass is 375 g/mol. The molecule has 2 aromatic carbocycles. The predicted molar refractivity (Wildman–Crippen MR) is 99.0 cm³/mol. The third kappa shape index (κ3) is 4.55. The van der Waals surface area contributed by atoms with Crippen molar-refractivity contribution in [2.45, 2.75) is 29.9 Å². The van der Waals surface area contributed by atoms with Gasteiger partial charge in [-0.15, -0.1) is 11.8 Å². The first kappa shape index (κ1) is 17.8. The number of ether oxygens (including phenoxy) is 1. The van der Waals surface area contributed by atoms with Gasteiger partial charge in [-0.1, -0.05) is 41.9 Å². The van der Waals surface area contributed by atoms with Crippen molar-refractivity contribution in [3.05, 3.63) is 64.7 Å². The molecule has 1 N–H and O–H groups in total. The summed E-state index contributed by atoms with van der Waals surface area (Å²) in [6.07, 6.45) is 2.84. The smallest absolute Gasteiger partial charge is 0.340 e. The molecule has 1 fully saturated rings. The maximum Gasteiger partial charge on any atom is 0.340 e. The third-order valence-electron chi connectivity index (χ3n) is 3.88. The van der Waals surface area contributed by atoms with Crippen LogP contribution in [-0.4, -0.2) is 24.2 Å². The second-order valence-electron chi connectivity index (χ2n) is 5.82. The van der Waals surface area contributed by atoms with Crippen molar-refractivity contribution in [2.75, 3.05) is 6.26 Å². The molecule has 1 aliphatic carbocycles. The van der Waals surface area contributed by atoms with Crippen molar-refractivity contribution in [1.82, 2.24) is 5.32 Å². The van der Waals surface area contributed by atoms with Crippen LogP contribution in [0.15, 0.2) is 53.4 Å². The minimum absolute atomic E-state index is 0.181. The number of hydrogen-bond donors (Lipinski definition) is 1. The fourth-order valence-electron chi connectivity index (χ4n) is 2.36. The van der Waals surface area contributed by atoms with E-state index in [0.717, 1.165) is 17.7 Å². The summed E-state index contributed by atoms with van der Waals surface area (Å²) >= 11 is 7.64. The van der Waals surface area contributed by atoms with Crippen LogP contribution in [-0.2, 0) is 9.53 Å². The Morgan fingerprint density at radius 1 is 1.20 bits per heavy atom. The van der Waals surface area contributed by atoms with Gasteiger partial charge in [0.1, 0.15) is 0 Å². The molecule has 3 rings (SSSR count). The maximum atomic E-state index is 12.6. The zero-order valence-electron chi connectivity index (χ0n) is 13.7. The number of halogens is 1. The highest BCUT2D eigenvalue weighted by atomic mass is 35.5. The van der Waals surface area contributed by atoms with Gasteiger partial charge in [0, 0.05) is 16.5 Å². The fraction of sp³-hybridized carbons (Fsp3) is 0.263. The lowest BCUT2D eigenvalue weighted by molar-refractivity contribution is -0.130. The molecule has 0 bridgehead atoms. The lowest BCUT2D eigenvalue weighted by Crippen LogP contribution is -2.33. The van der Waals surface area contributed by atoms with Crippen LogP contribution in [0.4, 0.5) is 0 Å². The summed E-state index contributed by atoms with van der Waals surface area (Å²) in [5, 5.41) is 3.20. The van der Waals surface area contributed by atoms with Crippen molar-refractivity contribution in [3.63, 3.8) is 0 Å². The highest BCUT2D eigenvalue weighted by Gasteiger charge is 2.31. The SMILES string of the molecule is CSc1ccc(Cl)c(C(=O)O[C@H](C(=O)NC2CC2)c2ccccc2)c1. The number of esters is 1. The van der Waals surface area contributed by atoms with Crippen molar-refractivity contribution < 1.29 is 14.3 Å². The molecule has 130 valence electrons.